The summed E-state index contributed by atoms with van der Waals surface area (Å²) >= 11 is 0. The van der Waals surface area contributed by atoms with Crippen molar-refractivity contribution in [2.75, 3.05) is 39.3 Å². The van der Waals surface area contributed by atoms with Crippen LogP contribution in [0.3, 0.4) is 0 Å². The van der Waals surface area contributed by atoms with E-state index in [0.717, 1.165) is 38.3 Å². The molecule has 0 aromatic heterocycles. The summed E-state index contributed by atoms with van der Waals surface area (Å²) in [5.74, 6) is -2.52. The fraction of sp³-hybridized carbons (Fsp3) is 0.500. The Morgan fingerprint density at radius 2 is 1.82 bits per heavy atom. The Hall–Kier alpha value is -0.510. The zero-order chi connectivity index (χ0) is 14.6. The summed E-state index contributed by atoms with van der Waals surface area (Å²) in [5.41, 5.74) is 0. The summed E-state index contributed by atoms with van der Waals surface area (Å²) < 4.78 is 52.6. The number of nitrogens with zero attached hydrogens (tertiary/aromatic N) is 1. The van der Waals surface area contributed by atoms with Crippen LogP contribution in [-0.4, -0.2) is 52.6 Å². The van der Waals surface area contributed by atoms with E-state index in [4.69, 9.17) is 0 Å². The topological polar surface area (TPSA) is 61.4 Å². The molecular weight excluding hydrogens is 359 g/mol. The minimum atomic E-state index is -4.02. The fourth-order valence-corrected chi connectivity index (χ4v) is 3.15. The first-order chi connectivity index (χ1) is 9.50. The lowest BCUT2D eigenvalue weighted by molar-refractivity contribution is 0.245. The second-order valence-corrected chi connectivity index (χ2v) is 6.28. The van der Waals surface area contributed by atoms with Crippen molar-refractivity contribution in [2.45, 2.75) is 4.90 Å². The first kappa shape index (κ1) is 21.5. The number of nitrogens with one attached hydrogen (secondary N) is 2. The minimum Gasteiger partial charge on any atom is -0.314 e. The first-order valence-electron chi connectivity index (χ1n) is 6.37. The van der Waals surface area contributed by atoms with Crippen LogP contribution >= 0.6 is 24.8 Å². The van der Waals surface area contributed by atoms with Gasteiger partial charge in [0.2, 0.25) is 10.0 Å². The molecule has 0 spiro atoms. The molecule has 2 rings (SSSR count). The number of sulfonamides is 1. The van der Waals surface area contributed by atoms with Crippen LogP contribution in [-0.2, 0) is 10.0 Å². The second-order valence-electron chi connectivity index (χ2n) is 4.54. The molecule has 0 bridgehead atoms. The zero-order valence-electron chi connectivity index (χ0n) is 11.7. The summed E-state index contributed by atoms with van der Waals surface area (Å²) in [7, 11) is -4.02. The molecule has 0 amide bonds. The van der Waals surface area contributed by atoms with Gasteiger partial charge in [0, 0.05) is 39.3 Å². The molecule has 5 nitrogen and oxygen atoms in total. The van der Waals surface area contributed by atoms with E-state index in [2.05, 4.69) is 14.9 Å². The maximum Gasteiger partial charge on any atom is 0.243 e. The molecule has 10 heteroatoms. The van der Waals surface area contributed by atoms with Gasteiger partial charge in [0.15, 0.2) is 11.6 Å². The maximum atomic E-state index is 13.5. The zero-order valence-corrected chi connectivity index (χ0v) is 14.2. The van der Waals surface area contributed by atoms with Gasteiger partial charge in [0.05, 0.1) is 0 Å². The van der Waals surface area contributed by atoms with Gasteiger partial charge in [0.25, 0.3) is 0 Å². The lowest BCUT2D eigenvalue weighted by Crippen LogP contribution is -2.46. The van der Waals surface area contributed by atoms with Gasteiger partial charge in [0.1, 0.15) is 4.90 Å². The van der Waals surface area contributed by atoms with Crippen LogP contribution in [0.25, 0.3) is 0 Å². The van der Waals surface area contributed by atoms with E-state index >= 15 is 0 Å². The summed E-state index contributed by atoms with van der Waals surface area (Å²) in [6.45, 7) is 4.12. The van der Waals surface area contributed by atoms with Gasteiger partial charge < -0.3 is 5.32 Å². The van der Waals surface area contributed by atoms with Crippen molar-refractivity contribution in [1.29, 1.82) is 0 Å². The third-order valence-electron chi connectivity index (χ3n) is 3.14. The molecule has 1 aliphatic heterocycles. The van der Waals surface area contributed by atoms with Crippen LogP contribution in [0.1, 0.15) is 0 Å². The van der Waals surface area contributed by atoms with Gasteiger partial charge in [-0.2, -0.15) is 0 Å². The van der Waals surface area contributed by atoms with E-state index < -0.39 is 26.6 Å². The van der Waals surface area contributed by atoms with Crippen LogP contribution in [0.2, 0.25) is 0 Å². The number of halogens is 4. The van der Waals surface area contributed by atoms with Crippen LogP contribution < -0.4 is 10.0 Å². The largest absolute Gasteiger partial charge is 0.314 e. The molecule has 0 radical (unpaired) electrons. The quantitative estimate of drug-likeness (QED) is 0.803. The predicted molar refractivity (Wildman–Crippen MR) is 85.4 cm³/mol. The van der Waals surface area contributed by atoms with Crippen molar-refractivity contribution < 1.29 is 17.2 Å². The van der Waals surface area contributed by atoms with E-state index in [-0.39, 0.29) is 31.4 Å². The normalized spacial score (nSPS) is 15.7. The molecule has 128 valence electrons. The molecule has 0 saturated carbocycles. The Morgan fingerprint density at radius 1 is 1.18 bits per heavy atom. The average molecular weight is 378 g/mol. The van der Waals surface area contributed by atoms with Crippen LogP contribution in [0.15, 0.2) is 23.1 Å². The highest BCUT2D eigenvalue weighted by molar-refractivity contribution is 7.89. The molecule has 0 unspecified atom stereocenters. The van der Waals surface area contributed by atoms with Crippen molar-refractivity contribution in [1.82, 2.24) is 14.9 Å². The molecular formula is C12H19Cl2F2N3O2S. The standard InChI is InChI=1S/C12H17F2N3O2S.2ClH/c13-10-2-1-3-11(12(10)14)20(18,19)16-6-9-17-7-4-15-5-8-17;;/h1-3,15-16H,4-9H2;2*1H. The highest BCUT2D eigenvalue weighted by Gasteiger charge is 2.21. The third kappa shape index (κ3) is 5.60. The van der Waals surface area contributed by atoms with Crippen molar-refractivity contribution in [3.05, 3.63) is 29.8 Å². The fourth-order valence-electron chi connectivity index (χ4n) is 2.04. The average Bonchev–Trinajstić information content (AvgIpc) is 2.42. The minimum absolute atomic E-state index is 0. The van der Waals surface area contributed by atoms with Gasteiger partial charge in [-0.05, 0) is 12.1 Å². The predicted octanol–water partition coefficient (Wildman–Crippen LogP) is 0.992. The van der Waals surface area contributed by atoms with Crippen LogP contribution in [0, 0.1) is 11.6 Å². The van der Waals surface area contributed by atoms with E-state index in [9.17, 15) is 17.2 Å². The Kier molecular flexibility index (Phi) is 9.37. The van der Waals surface area contributed by atoms with E-state index in [1.165, 1.54) is 6.07 Å². The molecule has 2 N–H and O–H groups in total. The summed E-state index contributed by atoms with van der Waals surface area (Å²) in [5, 5.41) is 3.19. The van der Waals surface area contributed by atoms with Gasteiger partial charge in [-0.15, -0.1) is 24.8 Å². The molecule has 1 aliphatic rings. The molecule has 1 saturated heterocycles. The van der Waals surface area contributed by atoms with Crippen molar-refractivity contribution >= 4 is 34.8 Å². The summed E-state index contributed by atoms with van der Waals surface area (Å²) in [6, 6.07) is 3.10. The van der Waals surface area contributed by atoms with Crippen molar-refractivity contribution in [3.63, 3.8) is 0 Å². The van der Waals surface area contributed by atoms with E-state index in [0.29, 0.717) is 6.54 Å². The number of hydrogen-bond donors (Lipinski definition) is 2. The second kappa shape index (κ2) is 9.59. The molecule has 0 atom stereocenters. The number of rotatable bonds is 5. The molecule has 1 aromatic rings. The maximum absolute atomic E-state index is 13.5. The molecule has 1 fully saturated rings. The SMILES string of the molecule is Cl.Cl.O=S(=O)(NCCN1CCNCC1)c1cccc(F)c1F. The van der Waals surface area contributed by atoms with Crippen LogP contribution in [0.5, 0.6) is 0 Å². The van der Waals surface area contributed by atoms with Gasteiger partial charge in [-0.25, -0.2) is 21.9 Å². The van der Waals surface area contributed by atoms with Gasteiger partial charge >= 0.3 is 0 Å². The Balaban J connectivity index is 0.00000220. The van der Waals surface area contributed by atoms with E-state index in [1.54, 1.807) is 0 Å². The Labute approximate surface area is 141 Å². The lowest BCUT2D eigenvalue weighted by atomic mass is 10.3. The molecule has 1 heterocycles. The Bertz CT molecular complexity index is 569. The van der Waals surface area contributed by atoms with Crippen molar-refractivity contribution in [2.24, 2.45) is 0 Å². The number of benzene rings is 1. The highest BCUT2D eigenvalue weighted by atomic mass is 35.5. The number of hydrogen-bond acceptors (Lipinski definition) is 4. The first-order valence-corrected chi connectivity index (χ1v) is 7.86. The van der Waals surface area contributed by atoms with Gasteiger partial charge in [-0.3, -0.25) is 4.90 Å². The summed E-state index contributed by atoms with van der Waals surface area (Å²) in [4.78, 5) is 1.44. The lowest BCUT2D eigenvalue weighted by Gasteiger charge is -2.27. The highest BCUT2D eigenvalue weighted by Crippen LogP contribution is 2.16. The van der Waals surface area contributed by atoms with E-state index in [1.807, 2.05) is 0 Å². The smallest absolute Gasteiger partial charge is 0.243 e. The summed E-state index contributed by atoms with van der Waals surface area (Å²) in [6.07, 6.45) is 0. The molecule has 22 heavy (non-hydrogen) atoms. The van der Waals surface area contributed by atoms with Crippen LogP contribution in [0.4, 0.5) is 8.78 Å². The Morgan fingerprint density at radius 3 is 2.45 bits per heavy atom. The van der Waals surface area contributed by atoms with Gasteiger partial charge in [-0.1, -0.05) is 6.07 Å². The monoisotopic (exact) mass is 377 g/mol. The van der Waals surface area contributed by atoms with Crippen molar-refractivity contribution in [3.8, 4) is 0 Å². The molecule has 1 aromatic carbocycles. The molecule has 0 aliphatic carbocycles. The number of piperazine rings is 1. The third-order valence-corrected chi connectivity index (χ3v) is 4.61.